The summed E-state index contributed by atoms with van der Waals surface area (Å²) in [6.45, 7) is 9.19. The van der Waals surface area contributed by atoms with E-state index < -0.39 is 0 Å². The van der Waals surface area contributed by atoms with Crippen LogP contribution in [0.5, 0.6) is 0 Å². The second-order valence-electron chi connectivity index (χ2n) is 5.08. The second-order valence-corrected chi connectivity index (χ2v) is 6.93. The Morgan fingerprint density at radius 1 is 1.39 bits per heavy atom. The molecule has 0 amide bonds. The molecule has 1 unspecified atom stereocenters. The van der Waals surface area contributed by atoms with Gasteiger partial charge in [0.1, 0.15) is 0 Å². The molecule has 0 saturated carbocycles. The zero-order valence-electron chi connectivity index (χ0n) is 11.2. The molecule has 5 heteroatoms. The molecule has 0 radical (unpaired) electrons. The summed E-state index contributed by atoms with van der Waals surface area (Å²) >= 11 is 5.38. The molecule has 1 saturated heterocycles. The van der Waals surface area contributed by atoms with E-state index in [4.69, 9.17) is 0 Å². The number of rotatable bonds is 5. The van der Waals surface area contributed by atoms with Crippen molar-refractivity contribution in [3.05, 3.63) is 20.8 Å². The summed E-state index contributed by atoms with van der Waals surface area (Å²) in [5, 5.41) is 5.74. The number of nitrogens with zero attached hydrogens (tertiary/aromatic N) is 2. The summed E-state index contributed by atoms with van der Waals surface area (Å²) in [5.41, 5.74) is 0. The average molecular weight is 332 g/mol. The van der Waals surface area contributed by atoms with Gasteiger partial charge in [0.15, 0.2) is 0 Å². The first-order chi connectivity index (χ1) is 8.65. The Bertz CT molecular complexity index is 361. The lowest BCUT2D eigenvalue weighted by Crippen LogP contribution is -2.48. The van der Waals surface area contributed by atoms with Crippen molar-refractivity contribution in [3.63, 3.8) is 0 Å². The number of halogens is 1. The number of piperazine rings is 1. The largest absolute Gasteiger partial charge is 0.308 e. The molecule has 1 aromatic heterocycles. The summed E-state index contributed by atoms with van der Waals surface area (Å²) < 4.78 is 1.23. The minimum Gasteiger partial charge on any atom is -0.308 e. The summed E-state index contributed by atoms with van der Waals surface area (Å²) in [6, 6.07) is 2.66. The van der Waals surface area contributed by atoms with Crippen molar-refractivity contribution >= 4 is 27.3 Å². The number of likely N-dealkylation sites (N-methyl/N-ethyl adjacent to an activating group) is 1. The van der Waals surface area contributed by atoms with Crippen LogP contribution in [0.4, 0.5) is 0 Å². The fraction of sp³-hybridized carbons (Fsp3) is 0.692. The molecule has 1 aromatic rings. The van der Waals surface area contributed by atoms with Crippen molar-refractivity contribution in [2.24, 2.45) is 0 Å². The molecule has 1 N–H and O–H groups in total. The van der Waals surface area contributed by atoms with E-state index in [0.717, 1.165) is 13.1 Å². The van der Waals surface area contributed by atoms with Crippen LogP contribution in [0.15, 0.2) is 15.9 Å². The minimum absolute atomic E-state index is 0.544. The quantitative estimate of drug-likeness (QED) is 0.892. The lowest BCUT2D eigenvalue weighted by atomic mass is 10.2. The van der Waals surface area contributed by atoms with Crippen molar-refractivity contribution < 1.29 is 0 Å². The maximum Gasteiger partial charge on any atom is 0.0327 e. The number of thiophene rings is 1. The maximum absolute atomic E-state index is 3.61. The molecule has 0 bridgehead atoms. The first-order valence-corrected chi connectivity index (χ1v) is 8.18. The van der Waals surface area contributed by atoms with Gasteiger partial charge in [-0.25, -0.2) is 0 Å². The highest BCUT2D eigenvalue weighted by Crippen LogP contribution is 2.22. The van der Waals surface area contributed by atoms with Gasteiger partial charge < -0.3 is 10.2 Å². The van der Waals surface area contributed by atoms with E-state index in [1.807, 2.05) is 11.3 Å². The predicted molar refractivity (Wildman–Crippen MR) is 82.3 cm³/mol. The Labute approximate surface area is 122 Å². The SMILES string of the molecule is CC(CN1CCN(C)CC1)NCc1sccc1Br. The van der Waals surface area contributed by atoms with Crippen LogP contribution in [0, 0.1) is 0 Å². The van der Waals surface area contributed by atoms with Gasteiger partial charge >= 0.3 is 0 Å². The van der Waals surface area contributed by atoms with Crippen molar-refractivity contribution in [2.75, 3.05) is 39.8 Å². The summed E-state index contributed by atoms with van der Waals surface area (Å²) in [5.74, 6) is 0. The zero-order chi connectivity index (χ0) is 13.0. The van der Waals surface area contributed by atoms with E-state index in [1.54, 1.807) is 0 Å². The number of nitrogens with one attached hydrogen (secondary N) is 1. The molecular weight excluding hydrogens is 310 g/mol. The van der Waals surface area contributed by atoms with Crippen LogP contribution in [0.3, 0.4) is 0 Å². The van der Waals surface area contributed by atoms with Crippen molar-refractivity contribution in [1.29, 1.82) is 0 Å². The first-order valence-electron chi connectivity index (χ1n) is 6.51. The molecule has 0 aromatic carbocycles. The maximum atomic E-state index is 3.61. The fourth-order valence-electron chi connectivity index (χ4n) is 2.20. The van der Waals surface area contributed by atoms with E-state index in [9.17, 15) is 0 Å². The third-order valence-electron chi connectivity index (χ3n) is 3.43. The van der Waals surface area contributed by atoms with Crippen LogP contribution in [0.1, 0.15) is 11.8 Å². The van der Waals surface area contributed by atoms with Crippen LogP contribution < -0.4 is 5.32 Å². The van der Waals surface area contributed by atoms with Crippen LogP contribution >= 0.6 is 27.3 Å². The molecule has 2 heterocycles. The predicted octanol–water partition coefficient (Wildman–Crippen LogP) is 2.24. The molecule has 1 atom stereocenters. The lowest BCUT2D eigenvalue weighted by molar-refractivity contribution is 0.144. The Morgan fingerprint density at radius 2 is 2.11 bits per heavy atom. The highest BCUT2D eigenvalue weighted by Gasteiger charge is 2.15. The number of hydrogen-bond acceptors (Lipinski definition) is 4. The topological polar surface area (TPSA) is 18.5 Å². The minimum atomic E-state index is 0.544. The van der Waals surface area contributed by atoms with Crippen molar-refractivity contribution in [2.45, 2.75) is 19.5 Å². The Hall–Kier alpha value is 0.0600. The van der Waals surface area contributed by atoms with Crippen LogP contribution in [-0.2, 0) is 6.54 Å². The standard InChI is InChI=1S/C13H22BrN3S/c1-11(10-17-6-4-16(2)5-7-17)15-9-13-12(14)3-8-18-13/h3,8,11,15H,4-7,9-10H2,1-2H3. The first kappa shape index (κ1) is 14.5. The third-order valence-corrected chi connectivity index (χ3v) is 5.36. The molecular formula is C13H22BrN3S. The van der Waals surface area contributed by atoms with E-state index in [0.29, 0.717) is 6.04 Å². The van der Waals surface area contributed by atoms with Crippen molar-refractivity contribution in [3.8, 4) is 0 Å². The van der Waals surface area contributed by atoms with Gasteiger partial charge in [0.2, 0.25) is 0 Å². The van der Waals surface area contributed by atoms with Gasteiger partial charge in [0.25, 0.3) is 0 Å². The van der Waals surface area contributed by atoms with Gasteiger partial charge in [-0.1, -0.05) is 0 Å². The van der Waals surface area contributed by atoms with Gasteiger partial charge in [0.05, 0.1) is 0 Å². The molecule has 1 aliphatic rings. The molecule has 18 heavy (non-hydrogen) atoms. The fourth-order valence-corrected chi connectivity index (χ4v) is 3.64. The Morgan fingerprint density at radius 3 is 2.72 bits per heavy atom. The monoisotopic (exact) mass is 331 g/mol. The molecule has 2 rings (SSSR count). The van der Waals surface area contributed by atoms with Gasteiger partial charge in [-0.15, -0.1) is 11.3 Å². The molecule has 0 aliphatic carbocycles. The summed E-state index contributed by atoms with van der Waals surface area (Å²) in [7, 11) is 2.20. The van der Waals surface area contributed by atoms with Gasteiger partial charge in [-0.3, -0.25) is 4.90 Å². The van der Waals surface area contributed by atoms with Gasteiger partial charge in [-0.2, -0.15) is 0 Å². The summed E-state index contributed by atoms with van der Waals surface area (Å²) in [6.07, 6.45) is 0. The molecule has 1 aliphatic heterocycles. The number of hydrogen-bond donors (Lipinski definition) is 1. The van der Waals surface area contributed by atoms with E-state index in [1.165, 1.54) is 35.5 Å². The zero-order valence-corrected chi connectivity index (χ0v) is 13.6. The highest BCUT2D eigenvalue weighted by molar-refractivity contribution is 9.10. The normalized spacial score (nSPS) is 20.2. The van der Waals surface area contributed by atoms with Crippen LogP contribution in [0.25, 0.3) is 0 Å². The molecule has 3 nitrogen and oxygen atoms in total. The van der Waals surface area contributed by atoms with Crippen LogP contribution in [-0.4, -0.2) is 55.6 Å². The molecule has 102 valence electrons. The Kier molecular flexibility index (Phi) is 5.63. The van der Waals surface area contributed by atoms with E-state index in [2.05, 4.69) is 56.5 Å². The lowest BCUT2D eigenvalue weighted by Gasteiger charge is -2.34. The van der Waals surface area contributed by atoms with Crippen molar-refractivity contribution in [1.82, 2.24) is 15.1 Å². The summed E-state index contributed by atoms with van der Waals surface area (Å²) in [4.78, 5) is 6.35. The van der Waals surface area contributed by atoms with Gasteiger partial charge in [0, 0.05) is 54.7 Å². The second kappa shape index (κ2) is 7.01. The average Bonchev–Trinajstić information content (AvgIpc) is 2.75. The third kappa shape index (κ3) is 4.31. The molecule has 1 fully saturated rings. The Balaban J connectivity index is 1.69. The molecule has 0 spiro atoms. The van der Waals surface area contributed by atoms with E-state index in [-0.39, 0.29) is 0 Å². The van der Waals surface area contributed by atoms with E-state index >= 15 is 0 Å². The smallest absolute Gasteiger partial charge is 0.0327 e. The van der Waals surface area contributed by atoms with Gasteiger partial charge in [-0.05, 0) is 41.3 Å². The highest BCUT2D eigenvalue weighted by atomic mass is 79.9. The van der Waals surface area contributed by atoms with Crippen LogP contribution in [0.2, 0.25) is 0 Å².